The lowest BCUT2D eigenvalue weighted by molar-refractivity contribution is -0.137. The fourth-order valence-corrected chi connectivity index (χ4v) is 2.33. The van der Waals surface area contributed by atoms with Crippen LogP contribution in [0.25, 0.3) is 0 Å². The van der Waals surface area contributed by atoms with Crippen LogP contribution >= 0.6 is 11.8 Å². The van der Waals surface area contributed by atoms with Crippen LogP contribution in [-0.2, 0) is 17.6 Å². The van der Waals surface area contributed by atoms with Gasteiger partial charge in [-0.2, -0.15) is 5.10 Å². The number of hydrogen-bond acceptors (Lipinski definition) is 3. The van der Waals surface area contributed by atoms with Gasteiger partial charge < -0.3 is 5.11 Å². The lowest BCUT2D eigenvalue weighted by Crippen LogP contribution is -2.22. The second-order valence-corrected chi connectivity index (χ2v) is 4.97. The highest BCUT2D eigenvalue weighted by molar-refractivity contribution is 7.99. The van der Waals surface area contributed by atoms with Gasteiger partial charge in [-0.1, -0.05) is 13.8 Å². The number of aliphatic carboxylic acids is 1. The molecule has 1 heterocycles. The lowest BCUT2D eigenvalue weighted by Gasteiger charge is -2.14. The monoisotopic (exact) mass is 228 g/mol. The molecule has 84 valence electrons. The third-order valence-corrected chi connectivity index (χ3v) is 3.64. The molecule has 0 bridgehead atoms. The van der Waals surface area contributed by atoms with E-state index in [9.17, 15) is 4.79 Å². The molecule has 15 heavy (non-hydrogen) atoms. The van der Waals surface area contributed by atoms with Gasteiger partial charge in [-0.3, -0.25) is 9.48 Å². The molecule has 5 heteroatoms. The Morgan fingerprint density at radius 2 is 2.33 bits per heavy atom. The van der Waals surface area contributed by atoms with E-state index in [4.69, 9.17) is 5.11 Å². The molecule has 4 nitrogen and oxygen atoms in total. The fraction of sp³-hybridized carbons (Fsp3) is 0.600. The van der Waals surface area contributed by atoms with Crippen molar-refractivity contribution in [2.24, 2.45) is 13.0 Å². The maximum atomic E-state index is 10.9. The van der Waals surface area contributed by atoms with Gasteiger partial charge in [0.2, 0.25) is 0 Å². The molecular formula is C10H16N2O2S. The average Bonchev–Trinajstić information content (AvgIpc) is 2.50. The van der Waals surface area contributed by atoms with Crippen LogP contribution in [-0.4, -0.2) is 26.1 Å². The number of carboxylic acids is 1. The van der Waals surface area contributed by atoms with Crippen molar-refractivity contribution in [2.75, 3.05) is 0 Å². The molecule has 0 aliphatic rings. The summed E-state index contributed by atoms with van der Waals surface area (Å²) in [5, 5.41) is 12.7. The van der Waals surface area contributed by atoms with E-state index in [1.807, 2.05) is 27.1 Å². The van der Waals surface area contributed by atoms with Crippen molar-refractivity contribution >= 4 is 17.7 Å². The largest absolute Gasteiger partial charge is 0.480 e. The Labute approximate surface area is 93.7 Å². The van der Waals surface area contributed by atoms with Gasteiger partial charge in [0.15, 0.2) is 0 Å². The van der Waals surface area contributed by atoms with Crippen molar-refractivity contribution in [1.82, 2.24) is 9.78 Å². The van der Waals surface area contributed by atoms with Gasteiger partial charge in [-0.05, 0) is 11.5 Å². The van der Waals surface area contributed by atoms with Crippen LogP contribution in [0.5, 0.6) is 0 Å². The van der Waals surface area contributed by atoms with Crippen LogP contribution in [0, 0.1) is 5.92 Å². The minimum absolute atomic E-state index is 0.143. The molecular weight excluding hydrogens is 212 g/mol. The van der Waals surface area contributed by atoms with Gasteiger partial charge in [0.05, 0.1) is 6.20 Å². The first-order chi connectivity index (χ1) is 7.00. The Kier molecular flexibility index (Phi) is 4.20. The average molecular weight is 228 g/mol. The van der Waals surface area contributed by atoms with E-state index >= 15 is 0 Å². The number of rotatable bonds is 5. The van der Waals surface area contributed by atoms with Crippen molar-refractivity contribution in [2.45, 2.75) is 24.9 Å². The SMILES string of the molecule is CC(C)C(SCc1cnn(C)c1)C(=O)O. The van der Waals surface area contributed by atoms with E-state index in [0.29, 0.717) is 5.75 Å². The quantitative estimate of drug-likeness (QED) is 0.834. The molecule has 1 unspecified atom stereocenters. The third kappa shape index (κ3) is 3.58. The summed E-state index contributed by atoms with van der Waals surface area (Å²) in [6, 6.07) is 0. The fourth-order valence-electron chi connectivity index (χ4n) is 1.28. The number of carbonyl (C=O) groups is 1. The van der Waals surface area contributed by atoms with E-state index in [1.54, 1.807) is 10.9 Å². The molecule has 1 atom stereocenters. The Hall–Kier alpha value is -0.970. The molecule has 0 spiro atoms. The minimum Gasteiger partial charge on any atom is -0.480 e. The van der Waals surface area contributed by atoms with E-state index in [0.717, 1.165) is 5.56 Å². The van der Waals surface area contributed by atoms with Crippen molar-refractivity contribution in [3.8, 4) is 0 Å². The summed E-state index contributed by atoms with van der Waals surface area (Å²) in [4.78, 5) is 10.9. The zero-order valence-electron chi connectivity index (χ0n) is 9.17. The van der Waals surface area contributed by atoms with Gasteiger partial charge in [0.25, 0.3) is 0 Å². The van der Waals surface area contributed by atoms with Crippen LogP contribution in [0.15, 0.2) is 12.4 Å². The summed E-state index contributed by atoms with van der Waals surface area (Å²) in [7, 11) is 1.85. The lowest BCUT2D eigenvalue weighted by atomic mass is 10.1. The molecule has 0 aromatic carbocycles. The van der Waals surface area contributed by atoms with E-state index in [2.05, 4.69) is 5.10 Å². The number of aryl methyl sites for hydroxylation is 1. The van der Waals surface area contributed by atoms with E-state index in [1.165, 1.54) is 11.8 Å². The van der Waals surface area contributed by atoms with Crippen LogP contribution in [0.3, 0.4) is 0 Å². The molecule has 0 aliphatic carbocycles. The second kappa shape index (κ2) is 5.21. The predicted molar refractivity (Wildman–Crippen MR) is 60.8 cm³/mol. The first-order valence-corrected chi connectivity index (χ1v) is 5.87. The molecule has 1 N–H and O–H groups in total. The zero-order chi connectivity index (χ0) is 11.4. The number of aromatic nitrogens is 2. The summed E-state index contributed by atoms with van der Waals surface area (Å²) in [5.41, 5.74) is 1.06. The van der Waals surface area contributed by atoms with Gasteiger partial charge in [-0.25, -0.2) is 0 Å². The van der Waals surface area contributed by atoms with Gasteiger partial charge >= 0.3 is 5.97 Å². The first kappa shape index (κ1) is 12.1. The Morgan fingerprint density at radius 3 is 2.73 bits per heavy atom. The minimum atomic E-state index is -0.737. The summed E-state index contributed by atoms with van der Waals surface area (Å²) >= 11 is 1.45. The van der Waals surface area contributed by atoms with Crippen LogP contribution in [0.2, 0.25) is 0 Å². The van der Waals surface area contributed by atoms with Crippen LogP contribution < -0.4 is 0 Å². The predicted octanol–water partition coefficient (Wildman–Crippen LogP) is 1.76. The van der Waals surface area contributed by atoms with Crippen molar-refractivity contribution in [3.05, 3.63) is 18.0 Å². The summed E-state index contributed by atoms with van der Waals surface area (Å²) in [6.07, 6.45) is 3.68. The summed E-state index contributed by atoms with van der Waals surface area (Å²) < 4.78 is 1.72. The number of nitrogens with zero attached hydrogens (tertiary/aromatic N) is 2. The standard InChI is InChI=1S/C10H16N2O2S/c1-7(2)9(10(13)14)15-6-8-4-11-12(3)5-8/h4-5,7,9H,6H2,1-3H3,(H,13,14). The number of carboxylic acid groups (broad SMARTS) is 1. The molecule has 0 saturated carbocycles. The zero-order valence-corrected chi connectivity index (χ0v) is 9.99. The Bertz CT molecular complexity index is 336. The molecule has 1 aromatic heterocycles. The van der Waals surface area contributed by atoms with Gasteiger partial charge in [-0.15, -0.1) is 11.8 Å². The normalized spacial score (nSPS) is 13.1. The third-order valence-electron chi connectivity index (χ3n) is 2.04. The van der Waals surface area contributed by atoms with Gasteiger partial charge in [0, 0.05) is 19.0 Å². The van der Waals surface area contributed by atoms with Crippen molar-refractivity contribution in [3.63, 3.8) is 0 Å². The smallest absolute Gasteiger partial charge is 0.316 e. The molecule has 0 amide bonds. The maximum Gasteiger partial charge on any atom is 0.316 e. The summed E-state index contributed by atoms with van der Waals surface area (Å²) in [6.45, 7) is 3.85. The highest BCUT2D eigenvalue weighted by Gasteiger charge is 2.21. The molecule has 0 saturated heterocycles. The van der Waals surface area contributed by atoms with E-state index in [-0.39, 0.29) is 11.2 Å². The molecule has 1 aromatic rings. The van der Waals surface area contributed by atoms with E-state index < -0.39 is 5.97 Å². The van der Waals surface area contributed by atoms with Crippen molar-refractivity contribution in [1.29, 1.82) is 0 Å². The topological polar surface area (TPSA) is 55.1 Å². The molecule has 0 fully saturated rings. The Balaban J connectivity index is 2.50. The number of hydrogen-bond donors (Lipinski definition) is 1. The highest BCUT2D eigenvalue weighted by atomic mass is 32.2. The second-order valence-electron chi connectivity index (χ2n) is 3.84. The highest BCUT2D eigenvalue weighted by Crippen LogP contribution is 2.23. The van der Waals surface area contributed by atoms with Crippen molar-refractivity contribution < 1.29 is 9.90 Å². The molecule has 0 radical (unpaired) electrons. The Morgan fingerprint density at radius 1 is 1.67 bits per heavy atom. The van der Waals surface area contributed by atoms with Crippen LogP contribution in [0.1, 0.15) is 19.4 Å². The molecule has 1 rings (SSSR count). The first-order valence-electron chi connectivity index (χ1n) is 4.82. The maximum absolute atomic E-state index is 10.9. The summed E-state index contributed by atoms with van der Waals surface area (Å²) in [5.74, 6) is 0.103. The van der Waals surface area contributed by atoms with Gasteiger partial charge in [0.1, 0.15) is 5.25 Å². The van der Waals surface area contributed by atoms with Crippen LogP contribution in [0.4, 0.5) is 0 Å². The number of thioether (sulfide) groups is 1. The molecule has 0 aliphatic heterocycles.